The molecule has 1 aliphatic rings. The highest BCUT2D eigenvalue weighted by molar-refractivity contribution is 7.89. The number of sulfonamides is 1. The van der Waals surface area contributed by atoms with E-state index >= 15 is 4.39 Å². The summed E-state index contributed by atoms with van der Waals surface area (Å²) in [6, 6.07) is 3.04. The van der Waals surface area contributed by atoms with E-state index in [1.807, 2.05) is 0 Å². The molecule has 3 N–H and O–H groups in total. The van der Waals surface area contributed by atoms with Crippen LogP contribution in [0.4, 0.5) is 19.3 Å². The molecule has 2 heterocycles. The Kier molecular flexibility index (Phi) is 1.81. The molecule has 1 aromatic carbocycles. The number of carbonyl (C=O) groups excluding carboxylic acids is 2. The van der Waals surface area contributed by atoms with Crippen LogP contribution in [0.2, 0.25) is 0 Å². The van der Waals surface area contributed by atoms with Gasteiger partial charge in [0.25, 0.3) is 5.91 Å². The number of aliphatic hydroxyl groups is 1. The minimum atomic E-state index is -4.44. The van der Waals surface area contributed by atoms with Crippen LogP contribution in [0.1, 0.15) is 166 Å². The number of halogens is 2. The third kappa shape index (κ3) is 6.65. The average Bonchev–Trinajstić information content (AvgIpc) is 1.62. The molecule has 288 valence electrons. The van der Waals surface area contributed by atoms with Crippen LogP contribution in [0.3, 0.4) is 0 Å². The summed E-state index contributed by atoms with van der Waals surface area (Å²) in [4.78, 5) is 25.7. The zero-order valence-electron chi connectivity index (χ0n) is 103. The Morgan fingerprint density at radius 3 is 2.57 bits per heavy atom. The first-order valence-electron chi connectivity index (χ1n) is 52.7. The summed E-state index contributed by atoms with van der Waals surface area (Å²) in [5.74, 6) is -3.29. The van der Waals surface area contributed by atoms with E-state index in [1.165, 1.54) is 31.0 Å². The first-order valence-corrected chi connectivity index (χ1v) is 13.1. The predicted molar refractivity (Wildman–Crippen MR) is 220 cm³/mol. The van der Waals surface area contributed by atoms with Crippen LogP contribution in [0.15, 0.2) is 29.3 Å². The molecule has 2 atom stereocenters. The second-order valence-corrected chi connectivity index (χ2v) is 11.8. The molecule has 2 amide bonds. The topological polar surface area (TPSA) is 130 Å². The summed E-state index contributed by atoms with van der Waals surface area (Å²) in [6.07, 6.45) is 0.565. The largest absolute Gasteiger partial charge is 0.444 e. The molecule has 1 aliphatic heterocycles. The third-order valence-corrected chi connectivity index (χ3v) is 7.41. The summed E-state index contributed by atoms with van der Waals surface area (Å²) in [7, 11) is -3.12. The first-order chi connectivity index (χ1) is 58.1. The maximum atomic E-state index is 15.3. The molecule has 2 unspecified atom stereocenters. The van der Waals surface area contributed by atoms with E-state index in [0.717, 1.165) is 16.8 Å². The third-order valence-electron chi connectivity index (χ3n) is 5.93. The Bertz CT molecular complexity index is 1400. The molecule has 0 radical (unpaired) electrons. The molecule has 37 heavy (non-hydrogen) atoms. The zero-order valence-corrected chi connectivity index (χ0v) is 22.2. The Labute approximate surface area is 342 Å². The van der Waals surface area contributed by atoms with E-state index < -0.39 is 68.4 Å². The highest BCUT2D eigenvalue weighted by atomic mass is 32.2. The van der Waals surface area contributed by atoms with E-state index in [0.29, 0.717) is 0 Å². The van der Waals surface area contributed by atoms with Gasteiger partial charge in [0.05, 0.1) is 0 Å². The van der Waals surface area contributed by atoms with E-state index in [2.05, 4.69) is 10.0 Å². The van der Waals surface area contributed by atoms with Crippen molar-refractivity contribution in [2.45, 2.75) is 50.7 Å². The van der Waals surface area contributed by atoms with Gasteiger partial charge in [-0.15, -0.1) is 0 Å². The molecule has 3 rings (SSSR count). The number of ether oxygens (including phenoxy) is 1. The molecule has 0 saturated carbocycles. The van der Waals surface area contributed by atoms with Crippen LogP contribution in [-0.2, 0) is 21.8 Å². The molecule has 13 heteroatoms. The number of benzene rings is 1. The molecule has 0 bridgehead atoms. The van der Waals surface area contributed by atoms with Gasteiger partial charge < -0.3 is 24.6 Å². The van der Waals surface area contributed by atoms with Gasteiger partial charge in [-0.2, -0.15) is 0 Å². The van der Waals surface area contributed by atoms with Gasteiger partial charge in [0, 0.05) is 174 Å². The van der Waals surface area contributed by atoms with Crippen molar-refractivity contribution >= 4 is 27.7 Å². The quantitative estimate of drug-likeness (QED) is 0.273. The van der Waals surface area contributed by atoms with Crippen LogP contribution in [-0.4, -0.2) is 66.3 Å². The minimum Gasteiger partial charge on any atom is -0.444 e. The summed E-state index contributed by atoms with van der Waals surface area (Å²) in [6.45, 7) is 6.45. The van der Waals surface area contributed by atoms with Crippen molar-refractivity contribution in [3.63, 3.8) is 0 Å². The standard InChI is InChI=1S/C24H32F2N4O6S.42H2/c1-14-10-16(6-7-17(14)25)27-22(32)21-20(26)19(12-29(21)5)37(34,35)28-18-8-9-30(11-15(18)13-31)23(33)36-24(2,3)4;;;;;;;;;;;;;;;;;;;;;;;;;;;;;;;;;;;;;;;;;;/h6-7,10,12,15,18,28,31H,8-9,11,13H2,1-5H3,(H,27,32);42*1H/i;41*1+1D;1+1. The van der Waals surface area contributed by atoms with Crippen molar-refractivity contribution in [1.29, 1.82) is 0 Å². The number of hydrogen-bond acceptors (Lipinski definition) is 6. The Morgan fingerprint density at radius 2 is 1.97 bits per heavy atom. The average molecular weight is 711 g/mol. The van der Waals surface area contributed by atoms with Gasteiger partial charge in [-0.05, 0) is 57.9 Å². The minimum absolute atomic E-state index is 0. The molecule has 1 aromatic heterocycles. The normalized spacial score (nSPS) is 27.4. The number of piperidine rings is 1. The van der Waals surface area contributed by atoms with Gasteiger partial charge in [-0.25, -0.2) is 26.7 Å². The molecule has 0 spiro atoms. The number of amides is 2. The Hall–Kier alpha value is -3.03. The lowest BCUT2D eigenvalue weighted by Crippen LogP contribution is -2.54. The van der Waals surface area contributed by atoms with Crippen LogP contribution in [0.5, 0.6) is 0 Å². The Morgan fingerprint density at radius 1 is 1.30 bits per heavy atom. The highest BCUT2D eigenvalue weighted by Gasteiger charge is 2.37. The van der Waals surface area contributed by atoms with Gasteiger partial charge in [0.1, 0.15) is 22.0 Å². The fourth-order valence-corrected chi connectivity index (χ4v) is 5.52. The summed E-state index contributed by atoms with van der Waals surface area (Å²) in [5.41, 5.74) is -0.752. The maximum absolute atomic E-state index is 15.3. The van der Waals surface area contributed by atoms with E-state index in [-0.39, 0.29) is 32.2 Å². The number of nitrogens with one attached hydrogen (secondary N) is 2. The van der Waals surface area contributed by atoms with Crippen molar-refractivity contribution in [2.75, 3.05) is 25.0 Å². The number of aliphatic hydroxyl groups excluding tert-OH is 1. The maximum Gasteiger partial charge on any atom is 0.410 e. The number of anilines is 1. The zero-order chi connectivity index (χ0) is 110. The van der Waals surface area contributed by atoms with Crippen molar-refractivity contribution < 1.29 is 160 Å². The fourth-order valence-electron chi connectivity index (χ4n) is 4.06. The number of hydrogen-bond donors (Lipinski definition) is 3. The SMILES string of the molecule is Cc1cc(NC(=O)c2c(F)c(S(=O)(=O)NC3CCN(C(=O)OC(C)(C)C)CC3CO)cn2C)ccc1F.[2HH].[2H][2H].[2H][2H].[2H][2H].[2H][2H].[2H][2H].[2H][2H].[2H][2H].[2H][2H].[2H][2H].[2H][2H].[2H][2H].[2H][2H].[2H][2H].[2H][2H].[2H][2H].[2H][2H].[2H][2H].[2H][2H].[2H][2H].[2H][2H].[2H][2H].[2H][2H].[2H][2H].[2H][2H].[2H][2H].[2H][2H].[2H][2H].[2H][2H].[2H][2H].[2H][2H].[2H][2H].[2H][2H].[2H][2H].[2H][2H].[2H][2H].[2H][2H].[2H][2H].[2H][2H].[2H][2H].[2H][2H].[2H][2H]. The van der Waals surface area contributed by atoms with Gasteiger partial charge in [0.2, 0.25) is 10.0 Å². The molecule has 2 aromatic rings. The van der Waals surface area contributed by atoms with Crippen molar-refractivity contribution in [1.82, 2.24) is 14.2 Å². The van der Waals surface area contributed by atoms with Gasteiger partial charge in [0.15, 0.2) is 5.82 Å². The van der Waals surface area contributed by atoms with Crippen molar-refractivity contribution in [2.24, 2.45) is 13.0 Å². The summed E-state index contributed by atoms with van der Waals surface area (Å²) < 4.78 is 474. The van der Waals surface area contributed by atoms with Crippen LogP contribution < -0.4 is 10.0 Å². The molecular formula is C24H116F2N4O6S. The molecule has 0 aliphatic carbocycles. The lowest BCUT2D eigenvalue weighted by molar-refractivity contribution is 0.00980. The second-order valence-electron chi connectivity index (χ2n) is 10.1. The summed E-state index contributed by atoms with van der Waals surface area (Å²) >= 11 is 0. The van der Waals surface area contributed by atoms with Crippen molar-refractivity contribution in [3.8, 4) is 0 Å². The van der Waals surface area contributed by atoms with Gasteiger partial charge in [-0.3, -0.25) is 4.79 Å². The monoisotopic (exact) mass is 710 g/mol. The lowest BCUT2D eigenvalue weighted by Gasteiger charge is -2.38. The number of aromatic nitrogens is 1. The molecule has 1 fully saturated rings. The molecule has 10 nitrogen and oxygen atoms in total. The first kappa shape index (κ1) is 6.23. The Balaban J connectivity index is -0.0000000172. The molecular weight excluding hydrogens is 510 g/mol. The van der Waals surface area contributed by atoms with E-state index in [4.69, 9.17) is 126 Å². The predicted octanol–water partition coefficient (Wildman–Crippen LogP) is 13.1. The number of rotatable bonds is 6. The summed E-state index contributed by atoms with van der Waals surface area (Å²) in [5, 5.41) is 12.3. The number of nitrogens with zero attached hydrogens (tertiary/aromatic N) is 2. The van der Waals surface area contributed by atoms with Crippen LogP contribution >= 0.6 is 0 Å². The highest BCUT2D eigenvalue weighted by Crippen LogP contribution is 2.25. The fraction of sp³-hybridized carbons (Fsp3) is 0.500. The van der Waals surface area contributed by atoms with E-state index in [1.54, 1.807) is 20.8 Å². The second kappa shape index (κ2) is 10.8. The lowest BCUT2D eigenvalue weighted by atomic mass is 9.94. The number of aryl methyl sites for hydroxylation is 2. The number of likely N-dealkylation sites (tertiary alicyclic amines) is 1. The number of carbonyl (C=O) groups is 2. The van der Waals surface area contributed by atoms with E-state index in [9.17, 15) is 27.5 Å². The van der Waals surface area contributed by atoms with Crippen LogP contribution in [0, 0.1) is 24.5 Å². The van der Waals surface area contributed by atoms with Gasteiger partial charge >= 0.3 is 6.09 Å². The smallest absolute Gasteiger partial charge is 0.410 e. The van der Waals surface area contributed by atoms with Gasteiger partial charge in [-0.1, -0.05) is 0 Å². The van der Waals surface area contributed by atoms with Crippen LogP contribution in [0.25, 0.3) is 0 Å². The molecule has 1 saturated heterocycles. The van der Waals surface area contributed by atoms with Crippen molar-refractivity contribution in [3.05, 3.63) is 47.3 Å².